The van der Waals surface area contributed by atoms with Crippen LogP contribution in [0.1, 0.15) is 24.3 Å². The van der Waals surface area contributed by atoms with Crippen LogP contribution in [-0.2, 0) is 14.8 Å². The number of carbonyl (C=O) groups is 1. The predicted octanol–water partition coefficient (Wildman–Crippen LogP) is 5.10. The number of nitrogens with zero attached hydrogens (tertiary/aromatic N) is 3. The zero-order chi connectivity index (χ0) is 26.5. The van der Waals surface area contributed by atoms with Crippen LogP contribution in [0.4, 0.5) is 23.1 Å². The van der Waals surface area contributed by atoms with Crippen LogP contribution >= 0.6 is 23.2 Å². The van der Waals surface area contributed by atoms with Crippen LogP contribution in [0.5, 0.6) is 5.75 Å². The summed E-state index contributed by atoms with van der Waals surface area (Å²) < 4.78 is 37.6. The molecule has 2 N–H and O–H groups in total. The molecule has 192 valence electrons. The topological polar surface area (TPSA) is 123 Å². The molecule has 0 bridgehead atoms. The van der Waals surface area contributed by atoms with Crippen LogP contribution in [0.25, 0.3) is 0 Å². The van der Waals surface area contributed by atoms with Gasteiger partial charge in [-0.3, -0.25) is 0 Å². The van der Waals surface area contributed by atoms with Gasteiger partial charge in [-0.25, -0.2) is 18.2 Å². The third kappa shape index (κ3) is 6.16. The number of methoxy groups -OCH3 is 2. The van der Waals surface area contributed by atoms with Gasteiger partial charge in [0.2, 0.25) is 16.0 Å². The van der Waals surface area contributed by atoms with Gasteiger partial charge in [0.1, 0.15) is 11.6 Å². The lowest BCUT2D eigenvalue weighted by Crippen LogP contribution is -2.30. The van der Waals surface area contributed by atoms with Crippen LogP contribution in [-0.4, -0.2) is 56.0 Å². The van der Waals surface area contributed by atoms with Crippen molar-refractivity contribution in [3.05, 3.63) is 58.2 Å². The Labute approximate surface area is 219 Å². The van der Waals surface area contributed by atoms with Gasteiger partial charge >= 0.3 is 5.97 Å². The normalized spacial score (nSPS) is 11.3. The standard InChI is InChI=1S/C23H25Cl2N5O5S/c1-5-30(6-2)36(32,33)15-8-10-20(34-3)18(12-15)27-23-28-19(22(31)35-4)13-21(29-23)26-14-7-9-16(24)17(25)11-14/h7-13H,5-6H2,1-4H3,(H2,26,27,28,29). The maximum atomic E-state index is 13.0. The number of rotatable bonds is 10. The zero-order valence-electron chi connectivity index (χ0n) is 20.0. The molecule has 0 aliphatic heterocycles. The first kappa shape index (κ1) is 27.5. The minimum atomic E-state index is -3.74. The van der Waals surface area contributed by atoms with E-state index in [-0.39, 0.29) is 28.0 Å². The second kappa shape index (κ2) is 11.7. The van der Waals surface area contributed by atoms with Crippen LogP contribution in [0, 0.1) is 0 Å². The summed E-state index contributed by atoms with van der Waals surface area (Å²) in [7, 11) is -1.06. The van der Waals surface area contributed by atoms with Crippen LogP contribution in [0.2, 0.25) is 10.0 Å². The first-order chi connectivity index (χ1) is 17.1. The van der Waals surface area contributed by atoms with Gasteiger partial charge in [0.05, 0.1) is 34.8 Å². The molecule has 2 aromatic carbocycles. The second-order valence-electron chi connectivity index (χ2n) is 7.28. The number of aromatic nitrogens is 2. The molecule has 0 aliphatic rings. The van der Waals surface area contributed by atoms with Gasteiger partial charge in [-0.2, -0.15) is 9.29 Å². The van der Waals surface area contributed by atoms with Crippen molar-refractivity contribution in [3.63, 3.8) is 0 Å². The molecule has 10 nitrogen and oxygen atoms in total. The number of benzene rings is 2. The Morgan fingerprint density at radius 1 is 0.972 bits per heavy atom. The number of esters is 1. The Hall–Kier alpha value is -3.12. The van der Waals surface area contributed by atoms with Crippen molar-refractivity contribution in [1.82, 2.24) is 14.3 Å². The molecule has 0 spiro atoms. The largest absolute Gasteiger partial charge is 0.495 e. The fraction of sp³-hybridized carbons (Fsp3) is 0.261. The van der Waals surface area contributed by atoms with Gasteiger partial charge in [-0.15, -0.1) is 0 Å². The minimum absolute atomic E-state index is 0.00357. The monoisotopic (exact) mass is 553 g/mol. The highest BCUT2D eigenvalue weighted by Gasteiger charge is 2.23. The van der Waals surface area contributed by atoms with E-state index in [1.165, 1.54) is 42.8 Å². The summed E-state index contributed by atoms with van der Waals surface area (Å²) in [6, 6.07) is 10.7. The summed E-state index contributed by atoms with van der Waals surface area (Å²) in [5, 5.41) is 6.70. The minimum Gasteiger partial charge on any atom is -0.495 e. The molecule has 13 heteroatoms. The highest BCUT2D eigenvalue weighted by Crippen LogP contribution is 2.32. The van der Waals surface area contributed by atoms with E-state index in [4.69, 9.17) is 32.7 Å². The number of ether oxygens (including phenoxy) is 2. The average molecular weight is 554 g/mol. The van der Waals surface area contributed by atoms with E-state index in [0.29, 0.717) is 34.6 Å². The number of hydrogen-bond acceptors (Lipinski definition) is 9. The van der Waals surface area contributed by atoms with Gasteiger partial charge in [-0.05, 0) is 36.4 Å². The highest BCUT2D eigenvalue weighted by molar-refractivity contribution is 7.89. The number of hydrogen-bond donors (Lipinski definition) is 2. The Balaban J connectivity index is 2.04. The van der Waals surface area contributed by atoms with Crippen molar-refractivity contribution < 1.29 is 22.7 Å². The molecule has 0 unspecified atom stereocenters. The first-order valence-corrected chi connectivity index (χ1v) is 13.0. The van der Waals surface area contributed by atoms with E-state index in [1.807, 2.05) is 0 Å². The molecule has 0 saturated carbocycles. The third-order valence-corrected chi connectivity index (χ3v) is 7.86. The number of nitrogens with one attached hydrogen (secondary N) is 2. The van der Waals surface area contributed by atoms with Crippen LogP contribution in [0.15, 0.2) is 47.4 Å². The van der Waals surface area contributed by atoms with E-state index in [2.05, 4.69) is 20.6 Å². The van der Waals surface area contributed by atoms with Crippen molar-refractivity contribution in [2.45, 2.75) is 18.7 Å². The summed E-state index contributed by atoms with van der Waals surface area (Å²) in [6.45, 7) is 4.17. The van der Waals surface area contributed by atoms with E-state index in [0.717, 1.165) is 0 Å². The summed E-state index contributed by atoms with van der Waals surface area (Å²) in [5.41, 5.74) is 0.812. The lowest BCUT2D eigenvalue weighted by atomic mass is 10.3. The summed E-state index contributed by atoms with van der Waals surface area (Å²) in [6.07, 6.45) is 0. The maximum absolute atomic E-state index is 13.0. The quantitative estimate of drug-likeness (QED) is 0.330. The molecule has 0 saturated heterocycles. The van der Waals surface area contributed by atoms with Gasteiger partial charge in [0, 0.05) is 24.8 Å². The molecule has 1 heterocycles. The molecule has 0 radical (unpaired) electrons. The smallest absolute Gasteiger partial charge is 0.356 e. The lowest BCUT2D eigenvalue weighted by Gasteiger charge is -2.20. The SMILES string of the molecule is CCN(CC)S(=O)(=O)c1ccc(OC)c(Nc2nc(Nc3ccc(Cl)c(Cl)c3)cc(C(=O)OC)n2)c1. The molecule has 3 aromatic rings. The van der Waals surface area contributed by atoms with E-state index in [9.17, 15) is 13.2 Å². The molecule has 1 aromatic heterocycles. The number of halogens is 2. The fourth-order valence-corrected chi connectivity index (χ4v) is 5.06. The Morgan fingerprint density at radius 3 is 2.31 bits per heavy atom. The molecule has 3 rings (SSSR count). The second-order valence-corrected chi connectivity index (χ2v) is 10.0. The third-order valence-electron chi connectivity index (χ3n) is 5.07. The molecular weight excluding hydrogens is 529 g/mol. The maximum Gasteiger partial charge on any atom is 0.356 e. The molecule has 0 aliphatic carbocycles. The Kier molecular flexibility index (Phi) is 8.96. The highest BCUT2D eigenvalue weighted by atomic mass is 35.5. The number of anilines is 4. The summed E-state index contributed by atoms with van der Waals surface area (Å²) in [4.78, 5) is 20.9. The predicted molar refractivity (Wildman–Crippen MR) is 139 cm³/mol. The van der Waals surface area contributed by atoms with Crippen molar-refractivity contribution in [2.24, 2.45) is 0 Å². The fourth-order valence-electron chi connectivity index (χ4n) is 3.28. The van der Waals surface area contributed by atoms with Crippen molar-refractivity contribution in [2.75, 3.05) is 37.9 Å². The van der Waals surface area contributed by atoms with Crippen LogP contribution in [0.3, 0.4) is 0 Å². The van der Waals surface area contributed by atoms with Gasteiger partial charge in [0.15, 0.2) is 5.69 Å². The molecule has 0 fully saturated rings. The first-order valence-electron chi connectivity index (χ1n) is 10.8. The summed E-state index contributed by atoms with van der Waals surface area (Å²) in [5.74, 6) is -0.102. The Morgan fingerprint density at radius 2 is 1.69 bits per heavy atom. The molecule has 0 atom stereocenters. The zero-order valence-corrected chi connectivity index (χ0v) is 22.3. The number of sulfonamides is 1. The Bertz CT molecular complexity index is 1370. The van der Waals surface area contributed by atoms with Crippen molar-refractivity contribution in [1.29, 1.82) is 0 Å². The van der Waals surface area contributed by atoms with Gasteiger partial charge < -0.3 is 20.1 Å². The van der Waals surface area contributed by atoms with Crippen molar-refractivity contribution in [3.8, 4) is 5.75 Å². The van der Waals surface area contributed by atoms with E-state index < -0.39 is 16.0 Å². The van der Waals surface area contributed by atoms with E-state index >= 15 is 0 Å². The van der Waals surface area contributed by atoms with E-state index in [1.54, 1.807) is 32.0 Å². The average Bonchev–Trinajstić information content (AvgIpc) is 2.86. The number of carbonyl (C=O) groups excluding carboxylic acids is 1. The molecule has 36 heavy (non-hydrogen) atoms. The van der Waals surface area contributed by atoms with Crippen molar-refractivity contribution >= 4 is 62.3 Å². The van der Waals surface area contributed by atoms with Gasteiger partial charge in [0.25, 0.3) is 0 Å². The van der Waals surface area contributed by atoms with Gasteiger partial charge in [-0.1, -0.05) is 37.0 Å². The lowest BCUT2D eigenvalue weighted by molar-refractivity contribution is 0.0594. The summed E-state index contributed by atoms with van der Waals surface area (Å²) >= 11 is 12.1. The molecular formula is C23H25Cl2N5O5S. The van der Waals surface area contributed by atoms with Crippen LogP contribution < -0.4 is 15.4 Å². The molecule has 0 amide bonds.